The Hall–Kier alpha value is -2.13. The molecule has 2 aliphatic rings. The van der Waals surface area contributed by atoms with Crippen molar-refractivity contribution in [2.75, 3.05) is 25.9 Å². The van der Waals surface area contributed by atoms with Crippen molar-refractivity contribution >= 4 is 21.8 Å². The average Bonchev–Trinajstić information content (AvgIpc) is 2.70. The molecule has 0 spiro atoms. The normalized spacial score (nSPS) is 19.2. The van der Waals surface area contributed by atoms with Gasteiger partial charge in [-0.15, -0.1) is 0 Å². The lowest BCUT2D eigenvalue weighted by Crippen LogP contribution is -2.37. The molecule has 1 aromatic carbocycles. The van der Waals surface area contributed by atoms with Gasteiger partial charge in [-0.2, -0.15) is 4.31 Å². The number of oxime groups is 1. The summed E-state index contributed by atoms with van der Waals surface area (Å²) in [5.74, 6) is 0.510. The number of rotatable bonds is 6. The number of piperidine rings is 1. The lowest BCUT2D eigenvalue weighted by molar-refractivity contribution is 0.123. The molecule has 9 heteroatoms. The largest absolute Gasteiger partial charge is 0.465 e. The Bertz CT molecular complexity index is 876. The zero-order valence-electron chi connectivity index (χ0n) is 16.7. The summed E-state index contributed by atoms with van der Waals surface area (Å²) in [5, 5.41) is 22.0. The van der Waals surface area contributed by atoms with E-state index >= 15 is 0 Å². The van der Waals surface area contributed by atoms with Crippen molar-refractivity contribution in [3.8, 4) is 0 Å². The summed E-state index contributed by atoms with van der Waals surface area (Å²) >= 11 is 0. The van der Waals surface area contributed by atoms with Crippen molar-refractivity contribution < 1.29 is 23.5 Å². The van der Waals surface area contributed by atoms with E-state index in [0.29, 0.717) is 50.7 Å². The van der Waals surface area contributed by atoms with Gasteiger partial charge in [-0.25, -0.2) is 13.2 Å². The Labute approximate surface area is 171 Å². The molecule has 0 aromatic heterocycles. The van der Waals surface area contributed by atoms with E-state index in [1.54, 1.807) is 0 Å². The Morgan fingerprint density at radius 3 is 2.55 bits per heavy atom. The van der Waals surface area contributed by atoms with E-state index in [9.17, 15) is 18.4 Å². The fourth-order valence-corrected chi connectivity index (χ4v) is 5.01. The summed E-state index contributed by atoms with van der Waals surface area (Å²) in [6.07, 6.45) is 5.33. The number of hydrogen-bond donors (Lipinski definition) is 2. The first kappa shape index (κ1) is 21.6. The van der Waals surface area contributed by atoms with Crippen LogP contribution in [0.3, 0.4) is 0 Å². The molecule has 0 radical (unpaired) electrons. The molecule has 0 unspecified atom stereocenters. The Morgan fingerprint density at radius 2 is 1.93 bits per heavy atom. The van der Waals surface area contributed by atoms with Gasteiger partial charge >= 0.3 is 6.09 Å². The second-order valence-corrected chi connectivity index (χ2v) is 9.96. The fourth-order valence-electron chi connectivity index (χ4n) is 4.21. The average molecular weight is 424 g/mol. The van der Waals surface area contributed by atoms with Crippen LogP contribution in [0.4, 0.5) is 4.79 Å². The van der Waals surface area contributed by atoms with Crippen molar-refractivity contribution in [1.82, 2.24) is 9.21 Å². The van der Waals surface area contributed by atoms with Gasteiger partial charge in [0, 0.05) is 26.2 Å². The van der Waals surface area contributed by atoms with Gasteiger partial charge in [0.05, 0.1) is 12.0 Å². The van der Waals surface area contributed by atoms with Crippen LogP contribution in [0.1, 0.15) is 48.8 Å². The lowest BCUT2D eigenvalue weighted by Gasteiger charge is -2.30. The first-order valence-corrected chi connectivity index (χ1v) is 11.9. The van der Waals surface area contributed by atoms with Crippen molar-refractivity contribution in [3.63, 3.8) is 0 Å². The zero-order chi connectivity index (χ0) is 21.0. The number of likely N-dealkylation sites (tertiary alicyclic amines) is 1. The van der Waals surface area contributed by atoms with Crippen molar-refractivity contribution in [2.24, 2.45) is 11.1 Å². The van der Waals surface area contributed by atoms with Gasteiger partial charge in [0.2, 0.25) is 10.0 Å². The van der Waals surface area contributed by atoms with Crippen molar-refractivity contribution in [1.29, 1.82) is 0 Å². The molecule has 1 saturated heterocycles. The molecule has 3 rings (SSSR count). The minimum Gasteiger partial charge on any atom is -0.465 e. The van der Waals surface area contributed by atoms with Crippen LogP contribution in [0.2, 0.25) is 0 Å². The molecule has 160 valence electrons. The predicted molar refractivity (Wildman–Crippen MR) is 110 cm³/mol. The topological polar surface area (TPSA) is 111 Å². The highest BCUT2D eigenvalue weighted by Gasteiger charge is 2.24. The van der Waals surface area contributed by atoms with E-state index in [-0.39, 0.29) is 0 Å². The minimum absolute atomic E-state index is 0.384. The first-order chi connectivity index (χ1) is 13.8. The Kier molecular flexibility index (Phi) is 6.79. The van der Waals surface area contributed by atoms with Crippen LogP contribution in [0.25, 0.3) is 0 Å². The van der Waals surface area contributed by atoms with Crippen LogP contribution in [0, 0.1) is 5.92 Å². The van der Waals surface area contributed by atoms with Gasteiger partial charge in [-0.05, 0) is 67.2 Å². The van der Waals surface area contributed by atoms with E-state index in [1.165, 1.54) is 15.5 Å². The SMILES string of the molecule is CS(=O)(=O)N1CCc2cc(C(CCCC3CCN(C(=O)O)CC3)=NO)ccc2C1. The van der Waals surface area contributed by atoms with Crippen LogP contribution in [-0.4, -0.2) is 65.6 Å². The monoisotopic (exact) mass is 423 g/mol. The minimum atomic E-state index is -3.20. The van der Waals surface area contributed by atoms with E-state index in [0.717, 1.165) is 42.4 Å². The van der Waals surface area contributed by atoms with Crippen molar-refractivity contribution in [3.05, 3.63) is 34.9 Å². The smallest absolute Gasteiger partial charge is 0.407 e. The Balaban J connectivity index is 1.54. The number of nitrogens with zero attached hydrogens (tertiary/aromatic N) is 3. The summed E-state index contributed by atoms with van der Waals surface area (Å²) in [6.45, 7) is 2.04. The molecule has 1 fully saturated rings. The highest BCUT2D eigenvalue weighted by atomic mass is 32.2. The van der Waals surface area contributed by atoms with Crippen LogP contribution in [0.5, 0.6) is 0 Å². The van der Waals surface area contributed by atoms with E-state index in [2.05, 4.69) is 5.16 Å². The molecule has 29 heavy (non-hydrogen) atoms. The second kappa shape index (κ2) is 9.13. The quantitative estimate of drug-likeness (QED) is 0.415. The molecule has 8 nitrogen and oxygen atoms in total. The molecular formula is C20H29N3O5S. The number of sulfonamides is 1. The maximum Gasteiger partial charge on any atom is 0.407 e. The number of carboxylic acid groups (broad SMARTS) is 1. The fraction of sp³-hybridized carbons (Fsp3) is 0.600. The predicted octanol–water partition coefficient (Wildman–Crippen LogP) is 2.74. The Morgan fingerprint density at radius 1 is 1.21 bits per heavy atom. The van der Waals surface area contributed by atoms with Gasteiger partial charge in [-0.3, -0.25) is 0 Å². The second-order valence-electron chi connectivity index (χ2n) is 7.98. The molecule has 1 amide bonds. The van der Waals surface area contributed by atoms with Crippen LogP contribution in [-0.2, 0) is 23.0 Å². The van der Waals surface area contributed by atoms with Gasteiger partial charge in [0.15, 0.2) is 0 Å². The molecule has 0 atom stereocenters. The third-order valence-corrected chi connectivity index (χ3v) is 7.27. The number of hydrogen-bond acceptors (Lipinski definition) is 5. The molecule has 0 bridgehead atoms. The molecule has 2 N–H and O–H groups in total. The maximum absolute atomic E-state index is 11.8. The highest BCUT2D eigenvalue weighted by molar-refractivity contribution is 7.88. The third-order valence-electron chi connectivity index (χ3n) is 6.02. The van der Waals surface area contributed by atoms with Gasteiger partial charge in [-0.1, -0.05) is 17.3 Å². The summed E-state index contributed by atoms with van der Waals surface area (Å²) in [5.41, 5.74) is 3.61. The molecule has 2 aliphatic heterocycles. The van der Waals surface area contributed by atoms with E-state index in [1.807, 2.05) is 18.2 Å². The third kappa shape index (κ3) is 5.48. The van der Waals surface area contributed by atoms with Crippen LogP contribution in [0.15, 0.2) is 23.4 Å². The van der Waals surface area contributed by atoms with Gasteiger partial charge in [0.1, 0.15) is 0 Å². The number of fused-ring (bicyclic) bond motifs is 1. The van der Waals surface area contributed by atoms with Crippen molar-refractivity contribution in [2.45, 2.75) is 45.1 Å². The van der Waals surface area contributed by atoms with E-state index in [4.69, 9.17) is 5.11 Å². The van der Waals surface area contributed by atoms with Gasteiger partial charge in [0.25, 0.3) is 0 Å². The summed E-state index contributed by atoms with van der Waals surface area (Å²) in [6, 6.07) is 5.83. The molecule has 2 heterocycles. The highest BCUT2D eigenvalue weighted by Crippen LogP contribution is 2.25. The number of amides is 1. The number of carbonyl (C=O) groups is 1. The molecule has 0 saturated carbocycles. The van der Waals surface area contributed by atoms with E-state index < -0.39 is 16.1 Å². The van der Waals surface area contributed by atoms with Crippen LogP contribution < -0.4 is 0 Å². The lowest BCUT2D eigenvalue weighted by atomic mass is 9.90. The van der Waals surface area contributed by atoms with Crippen LogP contribution >= 0.6 is 0 Å². The maximum atomic E-state index is 11.8. The summed E-state index contributed by atoms with van der Waals surface area (Å²) in [7, 11) is -3.20. The zero-order valence-corrected chi connectivity index (χ0v) is 17.6. The summed E-state index contributed by atoms with van der Waals surface area (Å²) < 4.78 is 25.0. The van der Waals surface area contributed by atoms with Gasteiger partial charge < -0.3 is 15.2 Å². The molecule has 0 aliphatic carbocycles. The molecule has 1 aromatic rings. The molecular weight excluding hydrogens is 394 g/mol. The summed E-state index contributed by atoms with van der Waals surface area (Å²) in [4.78, 5) is 12.4. The number of benzene rings is 1. The standard InChI is InChI=1S/C20H29N3O5S/c1-29(27,28)23-12-9-16-13-17(5-6-18(16)14-23)19(21-26)4-2-3-15-7-10-22(11-8-15)20(24)25/h5-6,13,15,26H,2-4,7-12,14H2,1H3,(H,24,25). The first-order valence-electron chi connectivity index (χ1n) is 10.0.